The topological polar surface area (TPSA) is 115 Å². The number of carbonyl (C=O) groups is 2. The summed E-state index contributed by atoms with van der Waals surface area (Å²) >= 11 is 12.5. The van der Waals surface area contributed by atoms with Crippen molar-refractivity contribution in [2.24, 2.45) is 5.73 Å². The minimum atomic E-state index is -0.713. The van der Waals surface area contributed by atoms with Gasteiger partial charge in [0.15, 0.2) is 5.69 Å². The van der Waals surface area contributed by atoms with Crippen LogP contribution in [0.1, 0.15) is 16.2 Å². The molecule has 9 nitrogen and oxygen atoms in total. The van der Waals surface area contributed by atoms with Crippen LogP contribution in [0.3, 0.4) is 0 Å². The number of rotatable bonds is 6. The van der Waals surface area contributed by atoms with E-state index in [1.807, 2.05) is 0 Å². The lowest BCUT2D eigenvalue weighted by molar-refractivity contribution is -0.134. The Kier molecular flexibility index (Phi) is 6.59. The Balaban J connectivity index is 1.52. The molecule has 0 bridgehead atoms. The van der Waals surface area contributed by atoms with E-state index >= 15 is 0 Å². The van der Waals surface area contributed by atoms with Crippen molar-refractivity contribution in [3.05, 3.63) is 64.2 Å². The molecule has 1 aliphatic heterocycles. The van der Waals surface area contributed by atoms with Gasteiger partial charge in [-0.05, 0) is 24.3 Å². The monoisotopic (exact) mass is 474 g/mol. The minimum absolute atomic E-state index is 0.00965. The maximum absolute atomic E-state index is 12.4. The summed E-state index contributed by atoms with van der Waals surface area (Å²) in [6, 6.07) is 8.56. The number of ether oxygens (including phenoxy) is 1. The molecule has 1 fully saturated rings. The van der Waals surface area contributed by atoms with Crippen LogP contribution in [-0.4, -0.2) is 57.8 Å². The SMILES string of the molecule is NC(=O)c1nn(-c2c(Cl)cccc2Cl)cc1Nc1ccc(CC(=O)N2CCOCC2)nc1. The molecule has 1 aliphatic rings. The minimum Gasteiger partial charge on any atom is -0.378 e. The highest BCUT2D eigenvalue weighted by Gasteiger charge is 2.19. The van der Waals surface area contributed by atoms with Crippen molar-refractivity contribution in [3.63, 3.8) is 0 Å². The van der Waals surface area contributed by atoms with Gasteiger partial charge in [-0.2, -0.15) is 5.10 Å². The van der Waals surface area contributed by atoms with E-state index in [-0.39, 0.29) is 18.0 Å². The third-order valence-electron chi connectivity index (χ3n) is 4.91. The summed E-state index contributed by atoms with van der Waals surface area (Å²) in [4.78, 5) is 30.4. The van der Waals surface area contributed by atoms with Gasteiger partial charge >= 0.3 is 0 Å². The summed E-state index contributed by atoms with van der Waals surface area (Å²) in [5, 5.41) is 8.07. The van der Waals surface area contributed by atoms with Crippen molar-refractivity contribution >= 4 is 46.4 Å². The second-order valence-corrected chi connectivity index (χ2v) is 7.92. The number of amides is 2. The van der Waals surface area contributed by atoms with E-state index in [1.54, 1.807) is 47.6 Å². The van der Waals surface area contributed by atoms with Gasteiger partial charge in [-0.1, -0.05) is 29.3 Å². The number of anilines is 2. The highest BCUT2D eigenvalue weighted by Crippen LogP contribution is 2.30. The van der Waals surface area contributed by atoms with E-state index in [2.05, 4.69) is 15.4 Å². The highest BCUT2D eigenvalue weighted by atomic mass is 35.5. The number of hydrogen-bond donors (Lipinski definition) is 2. The molecule has 3 heterocycles. The molecule has 2 aromatic heterocycles. The van der Waals surface area contributed by atoms with Crippen molar-refractivity contribution in [1.29, 1.82) is 0 Å². The van der Waals surface area contributed by atoms with Crippen LogP contribution in [-0.2, 0) is 16.0 Å². The van der Waals surface area contributed by atoms with Gasteiger partial charge in [0.05, 0.1) is 53.4 Å². The fourth-order valence-electron chi connectivity index (χ4n) is 3.31. The number of primary amides is 1. The molecule has 32 heavy (non-hydrogen) atoms. The molecule has 0 radical (unpaired) electrons. The average Bonchev–Trinajstić information content (AvgIpc) is 3.19. The van der Waals surface area contributed by atoms with Gasteiger partial charge in [0.2, 0.25) is 5.91 Å². The molecular formula is C21H20Cl2N6O3. The largest absolute Gasteiger partial charge is 0.378 e. The molecule has 2 amide bonds. The molecule has 1 saturated heterocycles. The predicted octanol–water partition coefficient (Wildman–Crippen LogP) is 2.82. The van der Waals surface area contributed by atoms with E-state index in [9.17, 15) is 9.59 Å². The first-order chi connectivity index (χ1) is 15.4. The molecular weight excluding hydrogens is 455 g/mol. The van der Waals surface area contributed by atoms with E-state index in [4.69, 9.17) is 33.7 Å². The number of nitrogens with zero attached hydrogens (tertiary/aromatic N) is 4. The van der Waals surface area contributed by atoms with Crippen LogP contribution in [0.5, 0.6) is 0 Å². The Morgan fingerprint density at radius 2 is 1.84 bits per heavy atom. The number of para-hydroxylation sites is 1. The number of carbonyl (C=O) groups excluding carboxylic acids is 2. The standard InChI is InChI=1S/C21H20Cl2N6O3/c22-15-2-1-3-16(23)20(15)29-12-17(19(27-29)21(24)31)26-14-5-4-13(25-11-14)10-18(30)28-6-8-32-9-7-28/h1-5,11-12,26H,6-10H2,(H2,24,31). The van der Waals surface area contributed by atoms with Gasteiger partial charge in [0, 0.05) is 18.8 Å². The summed E-state index contributed by atoms with van der Waals surface area (Å²) in [6.07, 6.45) is 3.35. The quantitative estimate of drug-likeness (QED) is 0.567. The van der Waals surface area contributed by atoms with Crippen LogP contribution in [0.25, 0.3) is 5.69 Å². The number of pyridine rings is 1. The maximum atomic E-state index is 12.4. The molecule has 11 heteroatoms. The first-order valence-corrected chi connectivity index (χ1v) is 10.6. The fraction of sp³-hybridized carbons (Fsp3) is 0.238. The number of halogens is 2. The highest BCUT2D eigenvalue weighted by molar-refractivity contribution is 6.37. The van der Waals surface area contributed by atoms with E-state index in [1.165, 1.54) is 4.68 Å². The lowest BCUT2D eigenvalue weighted by Gasteiger charge is -2.26. The Labute approximate surface area is 194 Å². The molecule has 1 aromatic carbocycles. The van der Waals surface area contributed by atoms with Crippen molar-refractivity contribution < 1.29 is 14.3 Å². The number of morpholine rings is 1. The molecule has 0 aliphatic carbocycles. The molecule has 3 aromatic rings. The smallest absolute Gasteiger partial charge is 0.271 e. The van der Waals surface area contributed by atoms with E-state index < -0.39 is 5.91 Å². The van der Waals surface area contributed by atoms with Crippen LogP contribution in [0.4, 0.5) is 11.4 Å². The zero-order valence-corrected chi connectivity index (χ0v) is 18.4. The second-order valence-electron chi connectivity index (χ2n) is 7.10. The van der Waals surface area contributed by atoms with Crippen molar-refractivity contribution in [2.45, 2.75) is 6.42 Å². The number of benzene rings is 1. The predicted molar refractivity (Wildman–Crippen MR) is 121 cm³/mol. The number of nitrogens with two attached hydrogens (primary N) is 1. The zero-order chi connectivity index (χ0) is 22.7. The van der Waals surface area contributed by atoms with Crippen LogP contribution in [0.15, 0.2) is 42.7 Å². The fourth-order valence-corrected chi connectivity index (χ4v) is 3.88. The summed E-state index contributed by atoms with van der Waals surface area (Å²) < 4.78 is 6.67. The summed E-state index contributed by atoms with van der Waals surface area (Å²) in [7, 11) is 0. The molecule has 0 spiro atoms. The summed E-state index contributed by atoms with van der Waals surface area (Å²) in [5.41, 5.74) is 7.56. The van der Waals surface area contributed by atoms with Crippen molar-refractivity contribution in [2.75, 3.05) is 31.6 Å². The van der Waals surface area contributed by atoms with Gasteiger partial charge in [0.1, 0.15) is 5.69 Å². The average molecular weight is 475 g/mol. The van der Waals surface area contributed by atoms with Gasteiger partial charge in [0.25, 0.3) is 5.91 Å². The normalized spacial score (nSPS) is 13.8. The van der Waals surface area contributed by atoms with E-state index in [0.717, 1.165) is 0 Å². The Morgan fingerprint density at radius 1 is 1.12 bits per heavy atom. The molecule has 166 valence electrons. The molecule has 0 unspecified atom stereocenters. The van der Waals surface area contributed by atoms with Crippen molar-refractivity contribution in [1.82, 2.24) is 19.7 Å². The lowest BCUT2D eigenvalue weighted by atomic mass is 10.2. The lowest BCUT2D eigenvalue weighted by Crippen LogP contribution is -2.41. The van der Waals surface area contributed by atoms with Gasteiger partial charge < -0.3 is 20.7 Å². The van der Waals surface area contributed by atoms with Crippen LogP contribution in [0.2, 0.25) is 10.0 Å². The maximum Gasteiger partial charge on any atom is 0.271 e. The Hall–Kier alpha value is -3.14. The third kappa shape index (κ3) is 4.85. The number of aromatic nitrogens is 3. The van der Waals surface area contributed by atoms with Gasteiger partial charge in [-0.15, -0.1) is 0 Å². The third-order valence-corrected chi connectivity index (χ3v) is 5.52. The molecule has 0 saturated carbocycles. The molecule has 3 N–H and O–H groups in total. The summed E-state index contributed by atoms with van der Waals surface area (Å²) in [6.45, 7) is 2.29. The molecule has 4 rings (SSSR count). The zero-order valence-electron chi connectivity index (χ0n) is 16.9. The van der Waals surface area contributed by atoms with Gasteiger partial charge in [-0.3, -0.25) is 14.6 Å². The Bertz CT molecular complexity index is 1120. The molecule has 0 atom stereocenters. The summed E-state index contributed by atoms with van der Waals surface area (Å²) in [5.74, 6) is -0.703. The van der Waals surface area contributed by atoms with Crippen LogP contribution in [0, 0.1) is 0 Å². The second kappa shape index (κ2) is 9.56. The van der Waals surface area contributed by atoms with Crippen LogP contribution >= 0.6 is 23.2 Å². The number of nitrogens with one attached hydrogen (secondary N) is 1. The van der Waals surface area contributed by atoms with Gasteiger partial charge in [-0.25, -0.2) is 4.68 Å². The van der Waals surface area contributed by atoms with E-state index in [0.29, 0.717) is 59.1 Å². The number of hydrogen-bond acceptors (Lipinski definition) is 6. The first-order valence-electron chi connectivity index (χ1n) is 9.83. The van der Waals surface area contributed by atoms with Crippen molar-refractivity contribution in [3.8, 4) is 5.69 Å². The van der Waals surface area contributed by atoms with Crippen LogP contribution < -0.4 is 11.1 Å². The Morgan fingerprint density at radius 3 is 2.47 bits per heavy atom. The first kappa shape index (κ1) is 22.1.